The Morgan fingerprint density at radius 3 is 2.44 bits per heavy atom. The Hall–Kier alpha value is -2.89. The van der Waals surface area contributed by atoms with E-state index >= 15 is 0 Å². The van der Waals surface area contributed by atoms with Crippen LogP contribution in [-0.4, -0.2) is 36.5 Å². The molecule has 3 amide bonds. The number of carbonyl (C=O) groups excluding carboxylic acids is 2. The highest BCUT2D eigenvalue weighted by Crippen LogP contribution is 2.20. The van der Waals surface area contributed by atoms with Crippen molar-refractivity contribution in [2.45, 2.75) is 19.8 Å². The van der Waals surface area contributed by atoms with Crippen molar-refractivity contribution < 1.29 is 14.0 Å². The van der Waals surface area contributed by atoms with Crippen molar-refractivity contribution in [3.8, 4) is 0 Å². The summed E-state index contributed by atoms with van der Waals surface area (Å²) in [4.78, 5) is 26.2. The van der Waals surface area contributed by atoms with Crippen molar-refractivity contribution in [1.82, 2.24) is 10.2 Å². The molecule has 0 bridgehead atoms. The van der Waals surface area contributed by atoms with Gasteiger partial charge in [0.05, 0.1) is 5.56 Å². The number of nitrogens with one attached hydrogen (secondary N) is 2. The molecule has 1 aliphatic heterocycles. The molecule has 1 fully saturated rings. The number of urea groups is 1. The molecule has 3 rings (SSSR count). The van der Waals surface area contributed by atoms with Crippen LogP contribution in [0.5, 0.6) is 0 Å². The number of amides is 3. The number of hydrogen-bond donors (Lipinski definition) is 2. The van der Waals surface area contributed by atoms with Crippen LogP contribution < -0.4 is 10.6 Å². The second-order valence-corrected chi connectivity index (χ2v) is 6.87. The van der Waals surface area contributed by atoms with Gasteiger partial charge in [-0.25, -0.2) is 9.18 Å². The number of para-hydroxylation sites is 1. The van der Waals surface area contributed by atoms with Gasteiger partial charge in [-0.2, -0.15) is 0 Å². The van der Waals surface area contributed by atoms with Crippen molar-refractivity contribution in [1.29, 1.82) is 0 Å². The summed E-state index contributed by atoms with van der Waals surface area (Å²) in [7, 11) is 0. The highest BCUT2D eigenvalue weighted by atomic mass is 19.1. The lowest BCUT2D eigenvalue weighted by molar-refractivity contribution is 0.0686. The third kappa shape index (κ3) is 4.84. The number of piperidine rings is 1. The zero-order valence-electron chi connectivity index (χ0n) is 15.4. The predicted octanol–water partition coefficient (Wildman–Crippen LogP) is 3.81. The molecule has 2 N–H and O–H groups in total. The molecule has 0 radical (unpaired) electrons. The van der Waals surface area contributed by atoms with E-state index in [4.69, 9.17) is 0 Å². The van der Waals surface area contributed by atoms with Crippen molar-refractivity contribution in [3.63, 3.8) is 0 Å². The fourth-order valence-electron chi connectivity index (χ4n) is 3.26. The van der Waals surface area contributed by atoms with E-state index in [0.29, 0.717) is 25.6 Å². The fourth-order valence-corrected chi connectivity index (χ4v) is 3.26. The smallest absolute Gasteiger partial charge is 0.319 e. The first-order chi connectivity index (χ1) is 13.0. The second-order valence-electron chi connectivity index (χ2n) is 6.87. The van der Waals surface area contributed by atoms with Crippen LogP contribution in [-0.2, 0) is 0 Å². The Kier molecular flexibility index (Phi) is 6.06. The molecule has 0 aliphatic carbocycles. The molecule has 1 heterocycles. The summed E-state index contributed by atoms with van der Waals surface area (Å²) in [5, 5.41) is 5.75. The molecule has 6 heteroatoms. The zero-order valence-corrected chi connectivity index (χ0v) is 15.4. The highest BCUT2D eigenvalue weighted by molar-refractivity contribution is 5.94. The number of aryl methyl sites for hydroxylation is 1. The predicted molar refractivity (Wildman–Crippen MR) is 103 cm³/mol. The van der Waals surface area contributed by atoms with Gasteiger partial charge >= 0.3 is 6.03 Å². The normalized spacial score (nSPS) is 14.7. The van der Waals surface area contributed by atoms with Gasteiger partial charge in [0.2, 0.25) is 0 Å². The van der Waals surface area contributed by atoms with E-state index in [2.05, 4.69) is 10.6 Å². The third-order valence-electron chi connectivity index (χ3n) is 4.95. The molecule has 142 valence electrons. The van der Waals surface area contributed by atoms with Gasteiger partial charge < -0.3 is 15.5 Å². The minimum Gasteiger partial charge on any atom is -0.339 e. The minimum absolute atomic E-state index is 0.117. The second kappa shape index (κ2) is 8.66. The van der Waals surface area contributed by atoms with Gasteiger partial charge in [-0.3, -0.25) is 4.79 Å². The van der Waals surface area contributed by atoms with Gasteiger partial charge in [-0.1, -0.05) is 30.3 Å². The van der Waals surface area contributed by atoms with Crippen LogP contribution in [0.2, 0.25) is 0 Å². The first-order valence-electron chi connectivity index (χ1n) is 9.19. The number of anilines is 1. The average Bonchev–Trinajstić information content (AvgIpc) is 2.68. The largest absolute Gasteiger partial charge is 0.339 e. The number of nitrogens with zero attached hydrogens (tertiary/aromatic N) is 1. The number of likely N-dealkylation sites (tertiary alicyclic amines) is 1. The SMILES string of the molecule is Cc1ccccc1NC(=O)NCC1CCN(C(=O)c2ccccc2F)CC1. The lowest BCUT2D eigenvalue weighted by Gasteiger charge is -2.32. The van der Waals surface area contributed by atoms with Crippen molar-refractivity contribution >= 4 is 17.6 Å². The molecular formula is C21H24FN3O2. The molecule has 1 aliphatic rings. The molecule has 0 atom stereocenters. The van der Waals surface area contributed by atoms with E-state index in [-0.39, 0.29) is 17.5 Å². The summed E-state index contributed by atoms with van der Waals surface area (Å²) in [6.45, 7) is 3.63. The summed E-state index contributed by atoms with van der Waals surface area (Å²) in [5.74, 6) is -0.451. The number of rotatable bonds is 4. The van der Waals surface area contributed by atoms with Crippen LogP contribution in [0.15, 0.2) is 48.5 Å². The van der Waals surface area contributed by atoms with Crippen molar-refractivity contribution in [2.24, 2.45) is 5.92 Å². The standard InChI is InChI=1S/C21H24FN3O2/c1-15-6-2-5-9-19(15)24-21(27)23-14-16-10-12-25(13-11-16)20(26)17-7-3-4-8-18(17)22/h2-9,16H,10-14H2,1H3,(H2,23,24,27). The molecular weight excluding hydrogens is 345 g/mol. The lowest BCUT2D eigenvalue weighted by Crippen LogP contribution is -2.42. The minimum atomic E-state index is -0.487. The highest BCUT2D eigenvalue weighted by Gasteiger charge is 2.25. The van der Waals surface area contributed by atoms with Gasteiger partial charge in [0, 0.05) is 25.3 Å². The van der Waals surface area contributed by atoms with Crippen LogP contribution in [0, 0.1) is 18.7 Å². The molecule has 1 saturated heterocycles. The molecule has 0 unspecified atom stereocenters. The maximum Gasteiger partial charge on any atom is 0.319 e. The maximum absolute atomic E-state index is 13.8. The first kappa shape index (κ1) is 18.9. The zero-order chi connectivity index (χ0) is 19.2. The summed E-state index contributed by atoms with van der Waals surface area (Å²) < 4.78 is 13.8. The fraction of sp³-hybridized carbons (Fsp3) is 0.333. The van der Waals surface area contributed by atoms with E-state index in [0.717, 1.165) is 24.1 Å². The van der Waals surface area contributed by atoms with Crippen LogP contribution in [0.4, 0.5) is 14.9 Å². The van der Waals surface area contributed by atoms with Gasteiger partial charge in [-0.15, -0.1) is 0 Å². The van der Waals surface area contributed by atoms with E-state index < -0.39 is 5.82 Å². The number of carbonyl (C=O) groups is 2. The monoisotopic (exact) mass is 369 g/mol. The lowest BCUT2D eigenvalue weighted by atomic mass is 9.96. The van der Waals surface area contributed by atoms with Gasteiger partial charge in [0.1, 0.15) is 5.82 Å². The van der Waals surface area contributed by atoms with E-state index in [1.807, 2.05) is 31.2 Å². The summed E-state index contributed by atoms with van der Waals surface area (Å²) >= 11 is 0. The summed E-state index contributed by atoms with van der Waals surface area (Å²) in [5.41, 5.74) is 1.92. The van der Waals surface area contributed by atoms with Crippen LogP contribution in [0.1, 0.15) is 28.8 Å². The van der Waals surface area contributed by atoms with Gasteiger partial charge in [0.15, 0.2) is 0 Å². The Morgan fingerprint density at radius 2 is 1.74 bits per heavy atom. The van der Waals surface area contributed by atoms with Crippen molar-refractivity contribution in [2.75, 3.05) is 25.0 Å². The van der Waals surface area contributed by atoms with Crippen LogP contribution in [0.3, 0.4) is 0 Å². The van der Waals surface area contributed by atoms with E-state index in [1.54, 1.807) is 17.0 Å². The van der Waals surface area contributed by atoms with E-state index in [9.17, 15) is 14.0 Å². The van der Waals surface area contributed by atoms with Crippen LogP contribution >= 0.6 is 0 Å². The topological polar surface area (TPSA) is 61.4 Å². The molecule has 2 aromatic carbocycles. The quantitative estimate of drug-likeness (QED) is 0.861. The maximum atomic E-state index is 13.8. The number of halogens is 1. The summed E-state index contributed by atoms with van der Waals surface area (Å²) in [6, 6.07) is 13.4. The number of hydrogen-bond acceptors (Lipinski definition) is 2. The Morgan fingerprint density at radius 1 is 1.07 bits per heavy atom. The molecule has 5 nitrogen and oxygen atoms in total. The third-order valence-corrected chi connectivity index (χ3v) is 4.95. The summed E-state index contributed by atoms with van der Waals surface area (Å²) in [6.07, 6.45) is 1.57. The molecule has 0 spiro atoms. The molecule has 27 heavy (non-hydrogen) atoms. The van der Waals surface area contributed by atoms with Crippen molar-refractivity contribution in [3.05, 3.63) is 65.5 Å². The first-order valence-corrected chi connectivity index (χ1v) is 9.19. The number of benzene rings is 2. The van der Waals surface area contributed by atoms with Crippen LogP contribution in [0.25, 0.3) is 0 Å². The molecule has 0 saturated carbocycles. The van der Waals surface area contributed by atoms with Gasteiger partial charge in [-0.05, 0) is 49.4 Å². The van der Waals surface area contributed by atoms with Gasteiger partial charge in [0.25, 0.3) is 5.91 Å². The Bertz CT molecular complexity index is 817. The van der Waals surface area contributed by atoms with E-state index in [1.165, 1.54) is 12.1 Å². The average molecular weight is 369 g/mol. The Labute approximate surface area is 158 Å². The molecule has 2 aromatic rings. The Balaban J connectivity index is 1.44. The molecule has 0 aromatic heterocycles.